The number of nitrogens with two attached hydrogens (primary N) is 1. The van der Waals surface area contributed by atoms with E-state index >= 15 is 0 Å². The molecule has 1 aliphatic rings. The van der Waals surface area contributed by atoms with E-state index in [1.54, 1.807) is 0 Å². The molecule has 2 aromatic rings. The number of carbonyl (C=O) groups excluding carboxylic acids is 1. The molecule has 0 spiro atoms. The van der Waals surface area contributed by atoms with Crippen LogP contribution in [0.25, 0.3) is 0 Å². The van der Waals surface area contributed by atoms with Crippen LogP contribution in [0.3, 0.4) is 0 Å². The van der Waals surface area contributed by atoms with Crippen LogP contribution in [0, 0.1) is 0 Å². The highest BCUT2D eigenvalue weighted by atomic mass is 16.5. The van der Waals surface area contributed by atoms with Gasteiger partial charge in [-0.05, 0) is 23.8 Å². The van der Waals surface area contributed by atoms with E-state index in [1.807, 2.05) is 48.5 Å². The van der Waals surface area contributed by atoms with Crippen molar-refractivity contribution in [3.8, 4) is 11.5 Å². The zero-order valence-corrected chi connectivity index (χ0v) is 11.4. The first-order chi connectivity index (χ1) is 10.2. The van der Waals surface area contributed by atoms with Crippen molar-refractivity contribution in [2.24, 2.45) is 5.73 Å². The van der Waals surface area contributed by atoms with Gasteiger partial charge in [0.15, 0.2) is 0 Å². The normalized spacial score (nSPS) is 15.9. The SMILES string of the molecule is NC(=O)N[C@@H]1COc2ccc(OCc3ccccc3)cc21. The molecular weight excluding hydrogens is 268 g/mol. The van der Waals surface area contributed by atoms with Crippen LogP contribution in [0.4, 0.5) is 4.79 Å². The fourth-order valence-electron chi connectivity index (χ4n) is 2.32. The summed E-state index contributed by atoms with van der Waals surface area (Å²) < 4.78 is 11.3. The van der Waals surface area contributed by atoms with E-state index in [4.69, 9.17) is 15.2 Å². The first kappa shape index (κ1) is 13.3. The zero-order valence-electron chi connectivity index (χ0n) is 11.4. The predicted molar refractivity (Wildman–Crippen MR) is 78.2 cm³/mol. The summed E-state index contributed by atoms with van der Waals surface area (Å²) in [6, 6.07) is 14.7. The molecule has 0 fully saturated rings. The number of urea groups is 1. The first-order valence-electron chi connectivity index (χ1n) is 6.72. The maximum absolute atomic E-state index is 11.0. The van der Waals surface area contributed by atoms with Crippen LogP contribution in [-0.2, 0) is 6.61 Å². The standard InChI is InChI=1S/C16H16N2O3/c17-16(19)18-14-10-21-15-7-6-12(8-13(14)15)20-9-11-4-2-1-3-5-11/h1-8,14H,9-10H2,(H3,17,18,19)/t14-/m1/s1. The molecule has 108 valence electrons. The van der Waals surface area contributed by atoms with Crippen molar-refractivity contribution < 1.29 is 14.3 Å². The van der Waals surface area contributed by atoms with Gasteiger partial charge in [0.1, 0.15) is 24.7 Å². The van der Waals surface area contributed by atoms with E-state index in [1.165, 1.54) is 0 Å². The smallest absolute Gasteiger partial charge is 0.312 e. The molecule has 0 aliphatic carbocycles. The van der Waals surface area contributed by atoms with Crippen molar-refractivity contribution in [1.29, 1.82) is 0 Å². The van der Waals surface area contributed by atoms with Gasteiger partial charge >= 0.3 is 6.03 Å². The molecule has 1 aliphatic heterocycles. The molecule has 0 aromatic heterocycles. The number of benzene rings is 2. The Kier molecular flexibility index (Phi) is 3.64. The van der Waals surface area contributed by atoms with Gasteiger partial charge in [-0.3, -0.25) is 0 Å². The summed E-state index contributed by atoms with van der Waals surface area (Å²) in [5.74, 6) is 1.49. The van der Waals surface area contributed by atoms with E-state index in [-0.39, 0.29) is 6.04 Å². The highest BCUT2D eigenvalue weighted by Crippen LogP contribution is 2.35. The largest absolute Gasteiger partial charge is 0.491 e. The predicted octanol–water partition coefficient (Wildman–Crippen LogP) is 2.37. The summed E-state index contributed by atoms with van der Waals surface area (Å²) >= 11 is 0. The molecule has 0 saturated heterocycles. The molecule has 2 aromatic carbocycles. The maximum Gasteiger partial charge on any atom is 0.312 e. The van der Waals surface area contributed by atoms with Gasteiger partial charge in [0.25, 0.3) is 0 Å². The number of nitrogens with one attached hydrogen (secondary N) is 1. The molecule has 0 radical (unpaired) electrons. The van der Waals surface area contributed by atoms with E-state index in [9.17, 15) is 4.79 Å². The summed E-state index contributed by atoms with van der Waals surface area (Å²) in [7, 11) is 0. The summed E-state index contributed by atoms with van der Waals surface area (Å²) in [5, 5.41) is 2.66. The number of primary amides is 1. The number of hydrogen-bond acceptors (Lipinski definition) is 3. The van der Waals surface area contributed by atoms with Crippen LogP contribution in [-0.4, -0.2) is 12.6 Å². The lowest BCUT2D eigenvalue weighted by atomic mass is 10.1. The molecule has 2 amide bonds. The highest BCUT2D eigenvalue weighted by Gasteiger charge is 2.25. The first-order valence-corrected chi connectivity index (χ1v) is 6.72. The average molecular weight is 284 g/mol. The van der Waals surface area contributed by atoms with Gasteiger partial charge in [0.05, 0.1) is 6.04 Å². The molecule has 3 N–H and O–H groups in total. The lowest BCUT2D eigenvalue weighted by Crippen LogP contribution is -2.33. The Morgan fingerprint density at radius 2 is 2.10 bits per heavy atom. The monoisotopic (exact) mass is 284 g/mol. The molecule has 21 heavy (non-hydrogen) atoms. The minimum absolute atomic E-state index is 0.224. The van der Waals surface area contributed by atoms with Gasteiger partial charge < -0.3 is 20.5 Å². The highest BCUT2D eigenvalue weighted by molar-refractivity contribution is 5.72. The molecule has 0 unspecified atom stereocenters. The number of fused-ring (bicyclic) bond motifs is 1. The van der Waals surface area contributed by atoms with E-state index < -0.39 is 6.03 Å². The van der Waals surface area contributed by atoms with E-state index in [0.717, 1.165) is 22.6 Å². The van der Waals surface area contributed by atoms with Crippen LogP contribution in [0.5, 0.6) is 11.5 Å². The van der Waals surface area contributed by atoms with Crippen LogP contribution in [0.2, 0.25) is 0 Å². The Morgan fingerprint density at radius 1 is 1.29 bits per heavy atom. The van der Waals surface area contributed by atoms with Gasteiger partial charge in [-0.2, -0.15) is 0 Å². The Balaban J connectivity index is 1.72. The summed E-state index contributed by atoms with van der Waals surface area (Å²) in [6.07, 6.45) is 0. The third-order valence-electron chi connectivity index (χ3n) is 3.33. The average Bonchev–Trinajstić information content (AvgIpc) is 2.88. The second kappa shape index (κ2) is 5.75. The molecule has 0 saturated carbocycles. The molecule has 0 bridgehead atoms. The topological polar surface area (TPSA) is 73.6 Å². The van der Waals surface area contributed by atoms with Gasteiger partial charge in [0.2, 0.25) is 0 Å². The van der Waals surface area contributed by atoms with Crippen molar-refractivity contribution in [1.82, 2.24) is 5.32 Å². The van der Waals surface area contributed by atoms with Crippen molar-refractivity contribution in [2.75, 3.05) is 6.61 Å². The lowest BCUT2D eigenvalue weighted by molar-refractivity contribution is 0.240. The van der Waals surface area contributed by atoms with Gasteiger partial charge in [-0.25, -0.2) is 4.79 Å². The molecule has 5 heteroatoms. The Bertz CT molecular complexity index is 643. The lowest BCUT2D eigenvalue weighted by Gasteiger charge is -2.11. The second-order valence-corrected chi connectivity index (χ2v) is 4.85. The van der Waals surface area contributed by atoms with Crippen molar-refractivity contribution in [3.05, 3.63) is 59.7 Å². The Hall–Kier alpha value is -2.69. The van der Waals surface area contributed by atoms with E-state index in [2.05, 4.69) is 5.32 Å². The zero-order chi connectivity index (χ0) is 14.7. The minimum Gasteiger partial charge on any atom is -0.491 e. The third-order valence-corrected chi connectivity index (χ3v) is 3.33. The van der Waals surface area contributed by atoms with Crippen LogP contribution < -0.4 is 20.5 Å². The minimum atomic E-state index is -0.563. The molecule has 1 atom stereocenters. The van der Waals surface area contributed by atoms with Crippen LogP contribution in [0.15, 0.2) is 48.5 Å². The molecule has 5 nitrogen and oxygen atoms in total. The van der Waals surface area contributed by atoms with Crippen molar-refractivity contribution in [3.63, 3.8) is 0 Å². The molecule has 3 rings (SSSR count). The summed E-state index contributed by atoms with van der Waals surface area (Å²) in [4.78, 5) is 11.0. The van der Waals surface area contributed by atoms with Gasteiger partial charge in [-0.1, -0.05) is 30.3 Å². The van der Waals surface area contributed by atoms with Crippen LogP contribution in [0.1, 0.15) is 17.2 Å². The number of carbonyl (C=O) groups is 1. The van der Waals surface area contributed by atoms with Gasteiger partial charge in [0, 0.05) is 5.56 Å². The fraction of sp³-hybridized carbons (Fsp3) is 0.188. The van der Waals surface area contributed by atoms with Crippen LogP contribution >= 0.6 is 0 Å². The quantitative estimate of drug-likeness (QED) is 0.905. The van der Waals surface area contributed by atoms with Crippen molar-refractivity contribution >= 4 is 6.03 Å². The maximum atomic E-state index is 11.0. The Labute approximate surface area is 122 Å². The number of hydrogen-bond donors (Lipinski definition) is 2. The number of amides is 2. The second-order valence-electron chi connectivity index (χ2n) is 4.85. The van der Waals surface area contributed by atoms with Gasteiger partial charge in [-0.15, -0.1) is 0 Å². The Morgan fingerprint density at radius 3 is 2.86 bits per heavy atom. The number of ether oxygens (including phenoxy) is 2. The number of rotatable bonds is 4. The fourth-order valence-corrected chi connectivity index (χ4v) is 2.32. The molecule has 1 heterocycles. The summed E-state index contributed by atoms with van der Waals surface area (Å²) in [6.45, 7) is 0.884. The summed E-state index contributed by atoms with van der Waals surface area (Å²) in [5.41, 5.74) is 7.15. The third kappa shape index (κ3) is 3.08. The van der Waals surface area contributed by atoms with E-state index in [0.29, 0.717) is 13.2 Å². The molecular formula is C16H16N2O3. The van der Waals surface area contributed by atoms with Crippen molar-refractivity contribution in [2.45, 2.75) is 12.6 Å².